The van der Waals surface area contributed by atoms with E-state index in [1.807, 2.05) is 19.9 Å². The maximum absolute atomic E-state index is 12.2. The number of benzene rings is 1. The van der Waals surface area contributed by atoms with E-state index in [1.165, 1.54) is 6.07 Å². The molecule has 27 heavy (non-hydrogen) atoms. The van der Waals surface area contributed by atoms with E-state index in [1.54, 1.807) is 24.6 Å². The molecule has 10 nitrogen and oxygen atoms in total. The molecule has 2 aromatic rings. The van der Waals surface area contributed by atoms with Gasteiger partial charge >= 0.3 is 16.3 Å². The van der Waals surface area contributed by atoms with Gasteiger partial charge in [-0.2, -0.15) is 18.4 Å². The smallest absolute Gasteiger partial charge is 0.411 e. The highest BCUT2D eigenvalue weighted by Gasteiger charge is 2.33. The third kappa shape index (κ3) is 4.61. The Kier molecular flexibility index (Phi) is 4.64. The zero-order valence-corrected chi connectivity index (χ0v) is 16.0. The summed E-state index contributed by atoms with van der Waals surface area (Å²) in [7, 11) is -4.45. The number of nitrogens with one attached hydrogen (secondary N) is 2. The van der Waals surface area contributed by atoms with Crippen LogP contribution < -0.4 is 19.0 Å². The molecular formula is C16H19N5O5S. The van der Waals surface area contributed by atoms with Crippen LogP contribution in [0.2, 0.25) is 0 Å². The Hall–Kier alpha value is -2.95. The van der Waals surface area contributed by atoms with Crippen molar-refractivity contribution in [2.75, 3.05) is 5.32 Å². The first kappa shape index (κ1) is 18.8. The lowest BCUT2D eigenvalue weighted by molar-refractivity contribution is 0.136. The molecule has 144 valence electrons. The number of carbonyl (C=O) groups excluding carboxylic acids is 1. The van der Waals surface area contributed by atoms with Crippen LogP contribution in [0.25, 0.3) is 0 Å². The van der Waals surface area contributed by atoms with E-state index >= 15 is 0 Å². The van der Waals surface area contributed by atoms with Gasteiger partial charge < -0.3 is 8.92 Å². The highest BCUT2D eigenvalue weighted by Crippen LogP contribution is 2.42. The second-order valence-corrected chi connectivity index (χ2v) is 7.91. The standard InChI is InChI=1S/C16H19N5O5S/c1-9-17-10(2)19-14(18-9)20-15(22)21-27(23,24)26-12-7-5-6-11-8-16(3,4)25-13(11)12/h5-7H,8H2,1-4H3,(H2,17,18,19,20,21,22). The molecule has 3 rings (SSSR count). The Morgan fingerprint density at radius 1 is 1.19 bits per heavy atom. The van der Waals surface area contributed by atoms with Gasteiger partial charge in [0.25, 0.3) is 0 Å². The van der Waals surface area contributed by atoms with Crippen molar-refractivity contribution in [2.24, 2.45) is 0 Å². The zero-order chi connectivity index (χ0) is 19.8. The molecule has 0 saturated heterocycles. The molecule has 2 heterocycles. The van der Waals surface area contributed by atoms with E-state index in [0.29, 0.717) is 23.8 Å². The molecule has 0 unspecified atom stereocenters. The minimum Gasteiger partial charge on any atom is -0.483 e. The van der Waals surface area contributed by atoms with Crippen molar-refractivity contribution < 1.29 is 22.1 Å². The summed E-state index contributed by atoms with van der Waals surface area (Å²) in [5.41, 5.74) is 0.360. The van der Waals surface area contributed by atoms with Gasteiger partial charge in [-0.1, -0.05) is 12.1 Å². The maximum atomic E-state index is 12.2. The molecule has 0 radical (unpaired) electrons. The highest BCUT2D eigenvalue weighted by atomic mass is 32.2. The molecule has 0 bridgehead atoms. The maximum Gasteiger partial charge on any atom is 0.411 e. The van der Waals surface area contributed by atoms with Crippen LogP contribution in [-0.4, -0.2) is 35.0 Å². The lowest BCUT2D eigenvalue weighted by atomic mass is 10.0. The van der Waals surface area contributed by atoms with E-state index in [4.69, 9.17) is 8.92 Å². The second-order valence-electron chi connectivity index (χ2n) is 6.63. The van der Waals surface area contributed by atoms with Crippen molar-refractivity contribution in [3.63, 3.8) is 0 Å². The van der Waals surface area contributed by atoms with Gasteiger partial charge in [0.2, 0.25) is 5.95 Å². The number of amides is 2. The second kappa shape index (κ2) is 6.65. The normalized spacial score (nSPS) is 14.8. The van der Waals surface area contributed by atoms with Crippen molar-refractivity contribution in [3.05, 3.63) is 35.4 Å². The molecule has 0 saturated carbocycles. The van der Waals surface area contributed by atoms with Crippen molar-refractivity contribution in [2.45, 2.75) is 39.7 Å². The van der Waals surface area contributed by atoms with Gasteiger partial charge in [-0.3, -0.25) is 5.32 Å². The Bertz CT molecular complexity index is 986. The predicted octanol–water partition coefficient (Wildman–Crippen LogP) is 1.65. The number of rotatable bonds is 4. The number of aromatic nitrogens is 3. The number of aryl methyl sites for hydroxylation is 2. The Labute approximate surface area is 156 Å². The molecule has 2 amide bonds. The molecule has 0 fully saturated rings. The molecule has 0 aliphatic carbocycles. The number of nitrogens with zero attached hydrogens (tertiary/aromatic N) is 3. The largest absolute Gasteiger partial charge is 0.483 e. The van der Waals surface area contributed by atoms with E-state index in [2.05, 4.69) is 20.3 Å². The number of carbonyl (C=O) groups is 1. The molecule has 1 aliphatic rings. The lowest BCUT2D eigenvalue weighted by Crippen LogP contribution is -2.37. The molecule has 1 aromatic heterocycles. The van der Waals surface area contributed by atoms with Crippen molar-refractivity contribution in [1.29, 1.82) is 0 Å². The molecule has 1 aliphatic heterocycles. The number of hydrogen-bond acceptors (Lipinski definition) is 8. The SMILES string of the molecule is Cc1nc(C)nc(NC(=O)NS(=O)(=O)Oc2cccc3c2OC(C)(C)C3)n1. The van der Waals surface area contributed by atoms with Gasteiger partial charge in [0, 0.05) is 12.0 Å². The average molecular weight is 393 g/mol. The van der Waals surface area contributed by atoms with Crippen LogP contribution in [0.3, 0.4) is 0 Å². The summed E-state index contributed by atoms with van der Waals surface area (Å²) in [6.45, 7) is 7.01. The van der Waals surface area contributed by atoms with E-state index in [-0.39, 0.29) is 11.7 Å². The van der Waals surface area contributed by atoms with Gasteiger partial charge in [0.05, 0.1) is 0 Å². The van der Waals surface area contributed by atoms with Crippen LogP contribution in [-0.2, 0) is 16.7 Å². The summed E-state index contributed by atoms with van der Waals surface area (Å²) in [5.74, 6) is 1.05. The van der Waals surface area contributed by atoms with Gasteiger partial charge in [-0.15, -0.1) is 0 Å². The fraction of sp³-hybridized carbons (Fsp3) is 0.375. The summed E-state index contributed by atoms with van der Waals surface area (Å²) < 4.78 is 36.9. The summed E-state index contributed by atoms with van der Waals surface area (Å²) >= 11 is 0. The minimum atomic E-state index is -4.45. The zero-order valence-electron chi connectivity index (χ0n) is 15.2. The van der Waals surface area contributed by atoms with Crippen LogP contribution in [0.4, 0.5) is 10.7 Å². The van der Waals surface area contributed by atoms with Crippen LogP contribution in [0, 0.1) is 13.8 Å². The molecule has 0 atom stereocenters. The number of para-hydroxylation sites is 1. The lowest BCUT2D eigenvalue weighted by Gasteiger charge is -2.18. The van der Waals surface area contributed by atoms with Gasteiger partial charge in [-0.25, -0.2) is 14.5 Å². The van der Waals surface area contributed by atoms with E-state index in [0.717, 1.165) is 5.56 Å². The molecule has 2 N–H and O–H groups in total. The van der Waals surface area contributed by atoms with Crippen LogP contribution in [0.1, 0.15) is 31.1 Å². The first-order chi connectivity index (χ1) is 12.5. The average Bonchev–Trinajstić information content (AvgIpc) is 2.80. The molecule has 0 spiro atoms. The number of anilines is 1. The van der Waals surface area contributed by atoms with Crippen LogP contribution in [0.15, 0.2) is 18.2 Å². The Morgan fingerprint density at radius 2 is 1.85 bits per heavy atom. The minimum absolute atomic E-state index is 0.00484. The number of fused-ring (bicyclic) bond motifs is 1. The van der Waals surface area contributed by atoms with Gasteiger partial charge in [0.15, 0.2) is 11.5 Å². The van der Waals surface area contributed by atoms with Gasteiger partial charge in [-0.05, 0) is 33.8 Å². The van der Waals surface area contributed by atoms with Crippen LogP contribution in [0.5, 0.6) is 11.5 Å². The molecular weight excluding hydrogens is 374 g/mol. The van der Waals surface area contributed by atoms with Crippen molar-refractivity contribution >= 4 is 22.3 Å². The van der Waals surface area contributed by atoms with Crippen molar-refractivity contribution in [3.8, 4) is 11.5 Å². The highest BCUT2D eigenvalue weighted by molar-refractivity contribution is 7.85. The predicted molar refractivity (Wildman–Crippen MR) is 95.9 cm³/mol. The Morgan fingerprint density at radius 3 is 2.52 bits per heavy atom. The number of urea groups is 1. The fourth-order valence-corrected chi connectivity index (χ4v) is 3.39. The third-order valence-corrected chi connectivity index (χ3v) is 4.39. The molecule has 11 heteroatoms. The van der Waals surface area contributed by atoms with E-state index in [9.17, 15) is 13.2 Å². The third-order valence-electron chi connectivity index (χ3n) is 3.56. The summed E-state index contributed by atoms with van der Waals surface area (Å²) in [5, 5.41) is 2.23. The summed E-state index contributed by atoms with van der Waals surface area (Å²) in [6.07, 6.45) is 0.617. The molecule has 1 aromatic carbocycles. The van der Waals surface area contributed by atoms with Crippen molar-refractivity contribution in [1.82, 2.24) is 19.7 Å². The van der Waals surface area contributed by atoms with Crippen LogP contribution >= 0.6 is 0 Å². The number of ether oxygens (including phenoxy) is 1. The Balaban J connectivity index is 1.71. The quantitative estimate of drug-likeness (QED) is 0.801. The first-order valence-electron chi connectivity index (χ1n) is 8.06. The monoisotopic (exact) mass is 393 g/mol. The number of hydrogen-bond donors (Lipinski definition) is 2. The fourth-order valence-electron chi connectivity index (χ4n) is 2.70. The van der Waals surface area contributed by atoms with E-state index < -0.39 is 21.9 Å². The summed E-state index contributed by atoms with van der Waals surface area (Å²) in [6, 6.07) is 3.88. The topological polar surface area (TPSA) is 132 Å². The summed E-state index contributed by atoms with van der Waals surface area (Å²) in [4.78, 5) is 23.7. The van der Waals surface area contributed by atoms with Gasteiger partial charge in [0.1, 0.15) is 17.2 Å². The first-order valence-corrected chi connectivity index (χ1v) is 9.47.